The summed E-state index contributed by atoms with van der Waals surface area (Å²) in [6.07, 6.45) is -6.11. The second-order valence-electron chi connectivity index (χ2n) is 5.32. The molecule has 7 nitrogen and oxygen atoms in total. The smallest absolute Gasteiger partial charge is 0.169 e. The van der Waals surface area contributed by atoms with Crippen LogP contribution in [0.2, 0.25) is 0 Å². The van der Waals surface area contributed by atoms with Crippen molar-refractivity contribution in [2.24, 2.45) is 0 Å². The van der Waals surface area contributed by atoms with Crippen molar-refractivity contribution in [3.63, 3.8) is 0 Å². The monoisotopic (exact) mass is 344 g/mol. The number of hydrogen-bond acceptors (Lipinski definition) is 6. The van der Waals surface area contributed by atoms with Crippen LogP contribution in [0, 0.1) is 0 Å². The molecular formula is C15H24N2O5S. The molecule has 0 aliphatic heterocycles. The van der Waals surface area contributed by atoms with E-state index in [0.29, 0.717) is 11.7 Å². The van der Waals surface area contributed by atoms with Crippen molar-refractivity contribution in [2.75, 3.05) is 20.2 Å². The zero-order valence-corrected chi connectivity index (χ0v) is 13.7. The van der Waals surface area contributed by atoms with E-state index < -0.39 is 31.0 Å². The quantitative estimate of drug-likeness (QED) is 0.313. The molecule has 1 aromatic carbocycles. The Bertz CT molecular complexity index is 476. The van der Waals surface area contributed by atoms with E-state index in [1.165, 1.54) is 4.90 Å². The molecule has 0 aliphatic rings. The molecule has 1 rings (SSSR count). The predicted molar refractivity (Wildman–Crippen MR) is 89.6 cm³/mol. The molecule has 0 radical (unpaired) electrons. The van der Waals surface area contributed by atoms with Gasteiger partial charge in [0.1, 0.15) is 24.4 Å². The molecule has 0 bridgehead atoms. The molecule has 23 heavy (non-hydrogen) atoms. The lowest BCUT2D eigenvalue weighted by Crippen LogP contribution is -2.51. The molecule has 0 aliphatic carbocycles. The van der Waals surface area contributed by atoms with Gasteiger partial charge in [-0.3, -0.25) is 0 Å². The number of aliphatic hydroxyl groups is 5. The van der Waals surface area contributed by atoms with Gasteiger partial charge in [0.2, 0.25) is 0 Å². The Morgan fingerprint density at radius 2 is 1.65 bits per heavy atom. The first-order valence-electron chi connectivity index (χ1n) is 7.22. The van der Waals surface area contributed by atoms with Crippen LogP contribution in [0.5, 0.6) is 0 Å². The van der Waals surface area contributed by atoms with Gasteiger partial charge in [-0.15, -0.1) is 0 Å². The molecule has 130 valence electrons. The van der Waals surface area contributed by atoms with Crippen molar-refractivity contribution >= 4 is 17.3 Å². The molecule has 1 aromatic rings. The summed E-state index contributed by atoms with van der Waals surface area (Å²) in [4.78, 5) is 1.52. The molecule has 0 fully saturated rings. The van der Waals surface area contributed by atoms with E-state index in [1.54, 1.807) is 7.05 Å². The molecule has 8 heteroatoms. The normalized spacial score (nSPS) is 16.3. The Morgan fingerprint density at radius 1 is 1.09 bits per heavy atom. The van der Waals surface area contributed by atoms with Gasteiger partial charge in [-0.25, -0.2) is 0 Å². The fraction of sp³-hybridized carbons (Fsp3) is 0.533. The van der Waals surface area contributed by atoms with E-state index in [9.17, 15) is 20.4 Å². The summed E-state index contributed by atoms with van der Waals surface area (Å²) in [5, 5.41) is 50.7. The van der Waals surface area contributed by atoms with Crippen LogP contribution in [0.4, 0.5) is 0 Å². The summed E-state index contributed by atoms with van der Waals surface area (Å²) < 4.78 is 0. The number of likely N-dealkylation sites (N-methyl/N-ethyl adjacent to an activating group) is 1. The topological polar surface area (TPSA) is 116 Å². The van der Waals surface area contributed by atoms with Crippen LogP contribution in [-0.2, 0) is 6.54 Å². The van der Waals surface area contributed by atoms with Crippen molar-refractivity contribution in [1.82, 2.24) is 10.2 Å². The highest BCUT2D eigenvalue weighted by Gasteiger charge is 2.30. The first-order chi connectivity index (χ1) is 10.9. The van der Waals surface area contributed by atoms with Gasteiger partial charge in [0, 0.05) is 20.1 Å². The highest BCUT2D eigenvalue weighted by atomic mass is 32.1. The lowest BCUT2D eigenvalue weighted by atomic mass is 10.0. The maximum absolute atomic E-state index is 9.91. The largest absolute Gasteiger partial charge is 0.394 e. The van der Waals surface area contributed by atoms with E-state index >= 15 is 0 Å². The standard InChI is InChI=1S/C15H24N2O5S/c1-17(8-11(19)13(21)14(22)12(20)9-18)15(23)16-7-10-5-3-2-4-6-10/h2-6,11-14,18-22H,7-9H2,1H3,(H,16,23)/t11-,12+,13+,14+/m0/s1. The van der Waals surface area contributed by atoms with Gasteiger partial charge < -0.3 is 35.7 Å². The van der Waals surface area contributed by atoms with Crippen LogP contribution in [0.3, 0.4) is 0 Å². The molecule has 4 atom stereocenters. The number of nitrogens with one attached hydrogen (secondary N) is 1. The summed E-state index contributed by atoms with van der Waals surface area (Å²) in [5.41, 5.74) is 1.05. The van der Waals surface area contributed by atoms with Crippen LogP contribution in [0.15, 0.2) is 30.3 Å². The minimum atomic E-state index is -1.64. The first kappa shape index (κ1) is 19.8. The second kappa shape index (κ2) is 9.76. The maximum atomic E-state index is 9.91. The summed E-state index contributed by atoms with van der Waals surface area (Å²) in [5.74, 6) is 0. The van der Waals surface area contributed by atoms with Crippen molar-refractivity contribution in [1.29, 1.82) is 0 Å². The second-order valence-corrected chi connectivity index (χ2v) is 5.71. The van der Waals surface area contributed by atoms with Crippen LogP contribution < -0.4 is 5.32 Å². The zero-order chi connectivity index (χ0) is 17.4. The molecule has 0 aromatic heterocycles. The van der Waals surface area contributed by atoms with Gasteiger partial charge in [-0.2, -0.15) is 0 Å². The number of thiocarbonyl (C=S) groups is 1. The fourth-order valence-electron chi connectivity index (χ4n) is 1.94. The van der Waals surface area contributed by atoms with Gasteiger partial charge in [-0.05, 0) is 17.8 Å². The third kappa shape index (κ3) is 6.38. The predicted octanol–water partition coefficient (Wildman–Crippen LogP) is -1.57. The number of aliphatic hydroxyl groups excluding tert-OH is 5. The Morgan fingerprint density at radius 3 is 2.22 bits per heavy atom. The SMILES string of the molecule is CN(C[C@H](O)[C@@H](O)[C@H](O)[C@H](O)CO)C(=S)NCc1ccccc1. The van der Waals surface area contributed by atoms with Crippen LogP contribution in [0.25, 0.3) is 0 Å². The Balaban J connectivity index is 2.44. The van der Waals surface area contributed by atoms with Gasteiger partial charge in [0.15, 0.2) is 5.11 Å². The summed E-state index contributed by atoms with van der Waals surface area (Å²) in [6, 6.07) is 9.63. The first-order valence-corrected chi connectivity index (χ1v) is 7.63. The van der Waals surface area contributed by atoms with E-state index in [2.05, 4.69) is 5.32 Å². The van der Waals surface area contributed by atoms with Crippen molar-refractivity contribution in [3.05, 3.63) is 35.9 Å². The van der Waals surface area contributed by atoms with Gasteiger partial charge in [0.05, 0.1) is 6.61 Å². The minimum Gasteiger partial charge on any atom is -0.394 e. The molecule has 0 saturated carbocycles. The fourth-order valence-corrected chi connectivity index (χ4v) is 2.09. The molecule has 0 spiro atoms. The lowest BCUT2D eigenvalue weighted by Gasteiger charge is -2.29. The maximum Gasteiger partial charge on any atom is 0.169 e. The minimum absolute atomic E-state index is 0.0446. The van der Waals surface area contributed by atoms with Crippen molar-refractivity contribution in [3.8, 4) is 0 Å². The number of hydrogen-bond donors (Lipinski definition) is 6. The third-order valence-corrected chi connectivity index (χ3v) is 3.88. The summed E-state index contributed by atoms with van der Waals surface area (Å²) >= 11 is 5.19. The Labute approximate surface area is 140 Å². The number of rotatable bonds is 8. The summed E-state index contributed by atoms with van der Waals surface area (Å²) in [7, 11) is 1.63. The molecular weight excluding hydrogens is 320 g/mol. The van der Waals surface area contributed by atoms with E-state index in [0.717, 1.165) is 5.56 Å². The van der Waals surface area contributed by atoms with Gasteiger partial charge in [-0.1, -0.05) is 30.3 Å². The number of nitrogens with zero attached hydrogens (tertiary/aromatic N) is 1. The molecule has 0 unspecified atom stereocenters. The summed E-state index contributed by atoms with van der Waals surface area (Å²) in [6.45, 7) is -0.233. The molecule has 0 heterocycles. The Kier molecular flexibility index (Phi) is 8.38. The van der Waals surface area contributed by atoms with Gasteiger partial charge >= 0.3 is 0 Å². The van der Waals surface area contributed by atoms with Crippen LogP contribution in [-0.4, -0.2) is 80.2 Å². The average Bonchev–Trinajstić information content (AvgIpc) is 2.58. The highest BCUT2D eigenvalue weighted by Crippen LogP contribution is 2.07. The lowest BCUT2D eigenvalue weighted by molar-refractivity contribution is -0.116. The van der Waals surface area contributed by atoms with Crippen LogP contribution >= 0.6 is 12.2 Å². The Hall–Kier alpha value is -1.29. The zero-order valence-electron chi connectivity index (χ0n) is 12.9. The van der Waals surface area contributed by atoms with Gasteiger partial charge in [0.25, 0.3) is 0 Å². The highest BCUT2D eigenvalue weighted by molar-refractivity contribution is 7.80. The van der Waals surface area contributed by atoms with E-state index in [4.69, 9.17) is 17.3 Å². The van der Waals surface area contributed by atoms with Crippen LogP contribution in [0.1, 0.15) is 5.56 Å². The molecule has 0 amide bonds. The van der Waals surface area contributed by atoms with E-state index in [-0.39, 0.29) is 6.54 Å². The molecule has 6 N–H and O–H groups in total. The van der Waals surface area contributed by atoms with Crippen molar-refractivity contribution < 1.29 is 25.5 Å². The third-order valence-electron chi connectivity index (χ3n) is 3.42. The molecule has 0 saturated heterocycles. The number of benzene rings is 1. The average molecular weight is 344 g/mol. The van der Waals surface area contributed by atoms with Crippen molar-refractivity contribution in [2.45, 2.75) is 31.0 Å². The van der Waals surface area contributed by atoms with E-state index in [1.807, 2.05) is 30.3 Å².